The summed E-state index contributed by atoms with van der Waals surface area (Å²) in [5.74, 6) is 0. The zero-order chi connectivity index (χ0) is 13.9. The molecule has 0 fully saturated rings. The molecule has 3 nitrogen and oxygen atoms in total. The molecule has 0 saturated heterocycles. The number of rotatable bonds is 2. The van der Waals surface area contributed by atoms with Crippen LogP contribution in [0.5, 0.6) is 0 Å². The van der Waals surface area contributed by atoms with Gasteiger partial charge >= 0.3 is 0 Å². The minimum absolute atomic E-state index is 0.573. The molecule has 0 aliphatic heterocycles. The molecule has 20 heavy (non-hydrogen) atoms. The second-order valence-electron chi connectivity index (χ2n) is 4.34. The summed E-state index contributed by atoms with van der Waals surface area (Å²) in [6, 6.07) is 17.8. The molecule has 3 aromatic rings. The number of hydrogen-bond donors (Lipinski definition) is 1. The lowest BCUT2D eigenvalue weighted by atomic mass is 10.0. The highest BCUT2D eigenvalue weighted by Crippen LogP contribution is 2.28. The van der Waals surface area contributed by atoms with Crippen LogP contribution in [0.4, 0.5) is 5.13 Å². The number of aromatic nitrogens is 1. The number of hydrogen-bond acceptors (Lipinski definition) is 4. The predicted octanol–water partition coefficient (Wildman–Crippen LogP) is 3.93. The molecule has 3 rings (SSSR count). The van der Waals surface area contributed by atoms with Crippen molar-refractivity contribution in [2.24, 2.45) is 0 Å². The van der Waals surface area contributed by atoms with E-state index in [1.165, 1.54) is 11.3 Å². The first-order valence-electron chi connectivity index (χ1n) is 6.08. The largest absolute Gasteiger partial charge is 0.375 e. The van der Waals surface area contributed by atoms with Crippen molar-refractivity contribution in [3.05, 3.63) is 59.5 Å². The lowest BCUT2D eigenvalue weighted by Crippen LogP contribution is -1.84. The summed E-state index contributed by atoms with van der Waals surface area (Å²) in [4.78, 5) is 4.30. The van der Waals surface area contributed by atoms with Gasteiger partial charge in [-0.05, 0) is 29.3 Å². The van der Waals surface area contributed by atoms with Gasteiger partial charge < -0.3 is 5.73 Å². The van der Waals surface area contributed by atoms with E-state index >= 15 is 0 Å². The zero-order valence-corrected chi connectivity index (χ0v) is 11.4. The van der Waals surface area contributed by atoms with E-state index < -0.39 is 0 Å². The number of benzene rings is 2. The van der Waals surface area contributed by atoms with Crippen LogP contribution in [-0.4, -0.2) is 4.98 Å². The van der Waals surface area contributed by atoms with Crippen molar-refractivity contribution in [1.29, 1.82) is 5.26 Å². The Morgan fingerprint density at radius 1 is 1.00 bits per heavy atom. The van der Waals surface area contributed by atoms with E-state index in [0.29, 0.717) is 10.7 Å². The highest BCUT2D eigenvalue weighted by molar-refractivity contribution is 7.13. The molecule has 0 atom stereocenters. The van der Waals surface area contributed by atoms with Crippen LogP contribution in [0, 0.1) is 11.3 Å². The Morgan fingerprint density at radius 3 is 2.40 bits per heavy atom. The predicted molar refractivity (Wildman–Crippen MR) is 82.1 cm³/mol. The molecule has 2 aromatic carbocycles. The highest BCUT2D eigenvalue weighted by atomic mass is 32.1. The molecule has 0 amide bonds. The van der Waals surface area contributed by atoms with Gasteiger partial charge in [-0.3, -0.25) is 0 Å². The fraction of sp³-hybridized carbons (Fsp3) is 0. The smallest absolute Gasteiger partial charge is 0.180 e. The van der Waals surface area contributed by atoms with E-state index in [0.717, 1.165) is 22.4 Å². The maximum Gasteiger partial charge on any atom is 0.180 e. The topological polar surface area (TPSA) is 62.7 Å². The van der Waals surface area contributed by atoms with E-state index in [9.17, 15) is 0 Å². The third-order valence-corrected chi connectivity index (χ3v) is 3.70. The summed E-state index contributed by atoms with van der Waals surface area (Å²) < 4.78 is 0. The van der Waals surface area contributed by atoms with Gasteiger partial charge in [0.15, 0.2) is 5.13 Å². The van der Waals surface area contributed by atoms with Gasteiger partial charge in [-0.1, -0.05) is 30.3 Å². The number of nitrogens with two attached hydrogens (primary N) is 1. The summed E-state index contributed by atoms with van der Waals surface area (Å²) in [7, 11) is 0. The Hall–Kier alpha value is -2.64. The van der Waals surface area contributed by atoms with Gasteiger partial charge in [-0.15, -0.1) is 11.3 Å². The van der Waals surface area contributed by atoms with Gasteiger partial charge in [0.1, 0.15) is 0 Å². The molecule has 0 saturated carbocycles. The molecular formula is C16H11N3S. The standard InChI is InChI=1S/C16H11N3S/c17-9-11-4-6-12(7-5-11)13-2-1-3-14(8-13)15-10-20-16(18)19-15/h1-8,10H,(H2,18,19). The van der Waals surface area contributed by atoms with Crippen LogP contribution >= 0.6 is 11.3 Å². The van der Waals surface area contributed by atoms with Gasteiger partial charge in [0.25, 0.3) is 0 Å². The van der Waals surface area contributed by atoms with Crippen LogP contribution in [-0.2, 0) is 0 Å². The van der Waals surface area contributed by atoms with Crippen molar-refractivity contribution in [3.8, 4) is 28.5 Å². The Morgan fingerprint density at radius 2 is 1.75 bits per heavy atom. The van der Waals surface area contributed by atoms with E-state index in [4.69, 9.17) is 11.0 Å². The molecule has 96 valence electrons. The molecule has 0 radical (unpaired) electrons. The van der Waals surface area contributed by atoms with Gasteiger partial charge in [0.05, 0.1) is 17.3 Å². The Bertz CT molecular complexity index is 782. The molecule has 0 aliphatic rings. The van der Waals surface area contributed by atoms with Gasteiger partial charge in [-0.25, -0.2) is 4.98 Å². The van der Waals surface area contributed by atoms with Crippen LogP contribution in [0.15, 0.2) is 53.9 Å². The van der Waals surface area contributed by atoms with Crippen molar-refractivity contribution >= 4 is 16.5 Å². The average Bonchev–Trinajstić information content (AvgIpc) is 2.94. The summed E-state index contributed by atoms with van der Waals surface area (Å²) in [6.07, 6.45) is 0. The minimum atomic E-state index is 0.573. The SMILES string of the molecule is N#Cc1ccc(-c2cccc(-c3csc(N)n3)c2)cc1. The van der Waals surface area contributed by atoms with Crippen molar-refractivity contribution in [1.82, 2.24) is 4.98 Å². The average molecular weight is 277 g/mol. The number of nitriles is 1. The fourth-order valence-electron chi connectivity index (χ4n) is 2.02. The van der Waals surface area contributed by atoms with Crippen LogP contribution in [0.2, 0.25) is 0 Å². The number of thiazole rings is 1. The molecule has 0 bridgehead atoms. The minimum Gasteiger partial charge on any atom is -0.375 e. The van der Waals surface area contributed by atoms with Crippen molar-refractivity contribution < 1.29 is 0 Å². The second-order valence-corrected chi connectivity index (χ2v) is 5.23. The van der Waals surface area contributed by atoms with E-state index in [1.807, 2.05) is 47.8 Å². The van der Waals surface area contributed by atoms with Crippen LogP contribution in [0.25, 0.3) is 22.4 Å². The molecule has 1 aromatic heterocycles. The monoisotopic (exact) mass is 277 g/mol. The third kappa shape index (κ3) is 2.40. The van der Waals surface area contributed by atoms with Crippen molar-refractivity contribution in [3.63, 3.8) is 0 Å². The molecule has 0 unspecified atom stereocenters. The highest BCUT2D eigenvalue weighted by Gasteiger charge is 2.04. The first-order chi connectivity index (χ1) is 9.76. The molecule has 2 N–H and O–H groups in total. The Kier molecular flexibility index (Phi) is 3.20. The van der Waals surface area contributed by atoms with Crippen molar-refractivity contribution in [2.75, 3.05) is 5.73 Å². The molecular weight excluding hydrogens is 266 g/mol. The second kappa shape index (κ2) is 5.16. The van der Waals surface area contributed by atoms with Crippen LogP contribution in [0.1, 0.15) is 5.56 Å². The maximum absolute atomic E-state index is 8.83. The maximum atomic E-state index is 8.83. The first kappa shape index (κ1) is 12.4. The van der Waals surface area contributed by atoms with Crippen molar-refractivity contribution in [2.45, 2.75) is 0 Å². The summed E-state index contributed by atoms with van der Waals surface area (Å²) in [5.41, 5.74) is 10.4. The normalized spacial score (nSPS) is 10.2. The van der Waals surface area contributed by atoms with Gasteiger partial charge in [0.2, 0.25) is 0 Å². The molecule has 0 aliphatic carbocycles. The van der Waals surface area contributed by atoms with Gasteiger partial charge in [0, 0.05) is 10.9 Å². The summed E-state index contributed by atoms with van der Waals surface area (Å²) >= 11 is 1.44. The van der Waals surface area contributed by atoms with E-state index in [1.54, 1.807) is 0 Å². The quantitative estimate of drug-likeness (QED) is 0.772. The first-order valence-corrected chi connectivity index (χ1v) is 6.96. The zero-order valence-electron chi connectivity index (χ0n) is 10.6. The van der Waals surface area contributed by atoms with Gasteiger partial charge in [-0.2, -0.15) is 5.26 Å². The lowest BCUT2D eigenvalue weighted by Gasteiger charge is -2.04. The Labute approximate surface area is 121 Å². The lowest BCUT2D eigenvalue weighted by molar-refractivity contribution is 1.41. The van der Waals surface area contributed by atoms with E-state index in [2.05, 4.69) is 17.1 Å². The van der Waals surface area contributed by atoms with Crippen LogP contribution < -0.4 is 5.73 Å². The number of nitrogens with zero attached hydrogens (tertiary/aromatic N) is 2. The van der Waals surface area contributed by atoms with E-state index in [-0.39, 0.29) is 0 Å². The molecule has 4 heteroatoms. The molecule has 1 heterocycles. The summed E-state index contributed by atoms with van der Waals surface area (Å²) in [5, 5.41) is 11.3. The number of anilines is 1. The van der Waals surface area contributed by atoms with Crippen LogP contribution in [0.3, 0.4) is 0 Å². The molecule has 0 spiro atoms. The third-order valence-electron chi connectivity index (χ3n) is 3.03. The summed E-state index contributed by atoms with van der Waals surface area (Å²) in [6.45, 7) is 0. The number of nitrogen functional groups attached to an aromatic ring is 1. The Balaban J connectivity index is 2.00. The fourth-order valence-corrected chi connectivity index (χ4v) is 2.59.